The molecule has 0 aromatic rings. The van der Waals surface area contributed by atoms with Crippen LogP contribution in [0.25, 0.3) is 0 Å². The van der Waals surface area contributed by atoms with Crippen molar-refractivity contribution in [2.75, 3.05) is 39.4 Å². The quantitative estimate of drug-likeness (QED) is 0.616. The fourth-order valence-electron chi connectivity index (χ4n) is 5.53. The summed E-state index contributed by atoms with van der Waals surface area (Å²) in [6.07, 6.45) is 9.97. The molecule has 0 aromatic heterocycles. The first-order chi connectivity index (χ1) is 14.5. The Bertz CT molecular complexity index is 787. The average molecular weight is 416 g/mol. The molecule has 0 amide bonds. The number of carbonyl (C=O) groups is 2. The van der Waals surface area contributed by atoms with Gasteiger partial charge in [0.25, 0.3) is 0 Å². The Morgan fingerprint density at radius 2 is 1.73 bits per heavy atom. The van der Waals surface area contributed by atoms with Gasteiger partial charge in [0.1, 0.15) is 0 Å². The molecule has 1 unspecified atom stereocenters. The third-order valence-corrected chi connectivity index (χ3v) is 6.63. The highest BCUT2D eigenvalue weighted by molar-refractivity contribution is 5.72. The predicted molar refractivity (Wildman–Crippen MR) is 113 cm³/mol. The second kappa shape index (κ2) is 8.94. The smallest absolute Gasteiger partial charge is 0.320 e. The standard InChI is InChI=1S/C23H33N3O4/c1-4-29-20(27)14-24-10-11-25(15-21(28)30-5-2)23-19-12-17-8-6-7-9-18(17)26(19)13-16(3)22(23)24/h7,9,13,19,22-23H,4-6,8,10-12,14-15H2,1-3H3/t19-,22?,23-/m0/s1. The lowest BCUT2D eigenvalue weighted by Gasteiger charge is -2.54. The molecule has 164 valence electrons. The second-order valence-corrected chi connectivity index (χ2v) is 8.47. The number of carbonyl (C=O) groups excluding carboxylic acids is 2. The lowest BCUT2D eigenvalue weighted by atomic mass is 9.84. The largest absolute Gasteiger partial charge is 0.465 e. The number of esters is 2. The van der Waals surface area contributed by atoms with Crippen molar-refractivity contribution in [2.24, 2.45) is 0 Å². The number of fused-ring (bicyclic) bond motifs is 4. The SMILES string of the molecule is CCOC(=O)CN1CCN(CC(=O)OCC)[C@@H]2C1C(C)=CN1C3=C(CCC=C3)C[C@@H]21. The van der Waals surface area contributed by atoms with E-state index in [1.165, 1.54) is 16.8 Å². The molecule has 0 aromatic carbocycles. The number of piperazine rings is 1. The van der Waals surface area contributed by atoms with Gasteiger partial charge in [-0.1, -0.05) is 6.08 Å². The molecule has 0 saturated carbocycles. The molecule has 3 aliphatic heterocycles. The van der Waals surface area contributed by atoms with Crippen molar-refractivity contribution in [1.82, 2.24) is 14.7 Å². The lowest BCUT2D eigenvalue weighted by molar-refractivity contribution is -0.150. The third-order valence-electron chi connectivity index (χ3n) is 6.63. The van der Waals surface area contributed by atoms with E-state index in [-0.39, 0.29) is 36.6 Å². The van der Waals surface area contributed by atoms with Crippen LogP contribution < -0.4 is 0 Å². The van der Waals surface area contributed by atoms with Gasteiger partial charge in [0.15, 0.2) is 0 Å². The molecule has 3 atom stereocenters. The number of hydrogen-bond donors (Lipinski definition) is 0. The first-order valence-electron chi connectivity index (χ1n) is 11.2. The zero-order chi connectivity index (χ0) is 21.3. The number of rotatable bonds is 6. The van der Waals surface area contributed by atoms with Crippen molar-refractivity contribution in [3.8, 4) is 0 Å². The number of allylic oxidation sites excluding steroid dienone is 2. The topological polar surface area (TPSA) is 62.3 Å². The minimum atomic E-state index is -0.183. The highest BCUT2D eigenvalue weighted by Crippen LogP contribution is 2.44. The van der Waals surface area contributed by atoms with Crippen LogP contribution in [0.1, 0.15) is 40.0 Å². The Labute approximate surface area is 179 Å². The molecule has 0 N–H and O–H groups in total. The van der Waals surface area contributed by atoms with Gasteiger partial charge in [-0.05, 0) is 57.3 Å². The van der Waals surface area contributed by atoms with E-state index in [2.05, 4.69) is 40.0 Å². The van der Waals surface area contributed by atoms with Crippen molar-refractivity contribution in [2.45, 2.75) is 58.2 Å². The molecular weight excluding hydrogens is 382 g/mol. The summed E-state index contributed by atoms with van der Waals surface area (Å²) in [6.45, 7) is 8.65. The molecule has 0 spiro atoms. The maximum atomic E-state index is 12.4. The Kier molecular flexibility index (Phi) is 6.29. The third kappa shape index (κ3) is 3.93. The van der Waals surface area contributed by atoms with Crippen LogP contribution in [0.5, 0.6) is 0 Å². The Balaban J connectivity index is 1.63. The monoisotopic (exact) mass is 415 g/mol. The summed E-state index contributed by atoms with van der Waals surface area (Å²) in [7, 11) is 0. The molecule has 30 heavy (non-hydrogen) atoms. The molecule has 1 aliphatic carbocycles. The molecule has 1 saturated heterocycles. The normalized spacial score (nSPS) is 28.6. The van der Waals surface area contributed by atoms with Crippen LogP contribution in [0.4, 0.5) is 0 Å². The molecule has 3 heterocycles. The summed E-state index contributed by atoms with van der Waals surface area (Å²) in [5.74, 6) is -0.360. The molecule has 1 fully saturated rings. The summed E-state index contributed by atoms with van der Waals surface area (Å²) in [6, 6.07) is 0.483. The lowest BCUT2D eigenvalue weighted by Crippen LogP contribution is -2.68. The Morgan fingerprint density at radius 3 is 2.43 bits per heavy atom. The molecule has 7 nitrogen and oxygen atoms in total. The average Bonchev–Trinajstić information content (AvgIpc) is 3.08. The highest BCUT2D eigenvalue weighted by Gasteiger charge is 2.50. The summed E-state index contributed by atoms with van der Waals surface area (Å²) in [5, 5.41) is 0. The molecule has 0 radical (unpaired) electrons. The van der Waals surface area contributed by atoms with Gasteiger partial charge in [-0.25, -0.2) is 0 Å². The van der Waals surface area contributed by atoms with Gasteiger partial charge in [0, 0.05) is 25.0 Å². The van der Waals surface area contributed by atoms with Crippen LogP contribution in [-0.4, -0.2) is 84.2 Å². The van der Waals surface area contributed by atoms with Crippen LogP contribution in [0.3, 0.4) is 0 Å². The molecular formula is C23H33N3O4. The predicted octanol–water partition coefficient (Wildman–Crippen LogP) is 2.06. The summed E-state index contributed by atoms with van der Waals surface area (Å²) < 4.78 is 10.5. The fraction of sp³-hybridized carbons (Fsp3) is 0.652. The summed E-state index contributed by atoms with van der Waals surface area (Å²) in [5.41, 5.74) is 4.05. The minimum Gasteiger partial charge on any atom is -0.465 e. The van der Waals surface area contributed by atoms with Crippen LogP contribution in [0.2, 0.25) is 0 Å². The minimum absolute atomic E-state index is 0.0872. The summed E-state index contributed by atoms with van der Waals surface area (Å²) >= 11 is 0. The summed E-state index contributed by atoms with van der Waals surface area (Å²) in [4.78, 5) is 31.5. The number of ether oxygens (including phenoxy) is 2. The van der Waals surface area contributed by atoms with Gasteiger partial charge in [-0.2, -0.15) is 0 Å². The number of hydrogen-bond acceptors (Lipinski definition) is 7. The van der Waals surface area contributed by atoms with Crippen molar-refractivity contribution < 1.29 is 19.1 Å². The van der Waals surface area contributed by atoms with E-state index in [4.69, 9.17) is 9.47 Å². The second-order valence-electron chi connectivity index (χ2n) is 8.47. The van der Waals surface area contributed by atoms with E-state index < -0.39 is 0 Å². The molecule has 0 bridgehead atoms. The first-order valence-corrected chi connectivity index (χ1v) is 11.2. The van der Waals surface area contributed by atoms with E-state index in [9.17, 15) is 9.59 Å². The highest BCUT2D eigenvalue weighted by atomic mass is 16.5. The maximum Gasteiger partial charge on any atom is 0.320 e. The van der Waals surface area contributed by atoms with Crippen LogP contribution in [0, 0.1) is 0 Å². The van der Waals surface area contributed by atoms with Crippen LogP contribution in [-0.2, 0) is 19.1 Å². The molecule has 4 rings (SSSR count). The van der Waals surface area contributed by atoms with E-state index in [1.807, 2.05) is 13.8 Å². The van der Waals surface area contributed by atoms with E-state index in [0.29, 0.717) is 19.8 Å². The Hall–Kier alpha value is -2.12. The zero-order valence-corrected chi connectivity index (χ0v) is 18.3. The first kappa shape index (κ1) is 21.1. The van der Waals surface area contributed by atoms with Gasteiger partial charge in [-0.15, -0.1) is 0 Å². The van der Waals surface area contributed by atoms with Crippen LogP contribution in [0.15, 0.2) is 35.2 Å². The maximum absolute atomic E-state index is 12.4. The van der Waals surface area contributed by atoms with E-state index in [1.54, 1.807) is 0 Å². The molecule has 4 aliphatic rings. The molecule has 7 heteroatoms. The van der Waals surface area contributed by atoms with Crippen molar-refractivity contribution in [1.29, 1.82) is 0 Å². The van der Waals surface area contributed by atoms with Gasteiger partial charge < -0.3 is 14.4 Å². The van der Waals surface area contributed by atoms with Crippen molar-refractivity contribution in [3.05, 3.63) is 35.2 Å². The van der Waals surface area contributed by atoms with E-state index >= 15 is 0 Å². The van der Waals surface area contributed by atoms with Crippen molar-refractivity contribution in [3.63, 3.8) is 0 Å². The fourth-order valence-corrected chi connectivity index (χ4v) is 5.53. The van der Waals surface area contributed by atoms with Gasteiger partial charge in [0.2, 0.25) is 0 Å². The zero-order valence-electron chi connectivity index (χ0n) is 18.3. The van der Waals surface area contributed by atoms with Crippen LogP contribution >= 0.6 is 0 Å². The van der Waals surface area contributed by atoms with E-state index in [0.717, 1.165) is 32.4 Å². The Morgan fingerprint density at radius 1 is 1.07 bits per heavy atom. The van der Waals surface area contributed by atoms with Crippen molar-refractivity contribution >= 4 is 11.9 Å². The van der Waals surface area contributed by atoms with Gasteiger partial charge in [0.05, 0.1) is 44.4 Å². The van der Waals surface area contributed by atoms with Gasteiger partial charge in [-0.3, -0.25) is 19.4 Å². The van der Waals surface area contributed by atoms with Gasteiger partial charge >= 0.3 is 11.9 Å². The number of nitrogens with zero attached hydrogens (tertiary/aromatic N) is 3.